The van der Waals surface area contributed by atoms with Crippen LogP contribution in [0.25, 0.3) is 0 Å². The molecule has 5 nitrogen and oxygen atoms in total. The van der Waals surface area contributed by atoms with Crippen molar-refractivity contribution in [1.82, 2.24) is 5.32 Å². The number of rotatable bonds is 17. The van der Waals surface area contributed by atoms with Gasteiger partial charge in [-0.3, -0.25) is 9.59 Å². The van der Waals surface area contributed by atoms with Crippen LogP contribution in [0.4, 0.5) is 0 Å². The first-order valence-corrected chi connectivity index (χ1v) is 10.3. The molecular formula is C20H40N2O3. The highest BCUT2D eigenvalue weighted by molar-refractivity contribution is 5.76. The molecular weight excluding hydrogens is 316 g/mol. The van der Waals surface area contributed by atoms with Gasteiger partial charge in [0.05, 0.1) is 6.61 Å². The van der Waals surface area contributed by atoms with E-state index in [0.29, 0.717) is 26.0 Å². The number of ether oxygens (including phenoxy) is 1. The molecule has 0 heterocycles. The lowest BCUT2D eigenvalue weighted by Gasteiger charge is -2.10. The number of hydrogen-bond acceptors (Lipinski definition) is 4. The summed E-state index contributed by atoms with van der Waals surface area (Å²) in [5.74, 6) is -0.200. The van der Waals surface area contributed by atoms with Crippen molar-refractivity contribution in [3.8, 4) is 0 Å². The van der Waals surface area contributed by atoms with Crippen molar-refractivity contribution in [3.05, 3.63) is 0 Å². The number of nitrogens with two attached hydrogens (primary N) is 1. The van der Waals surface area contributed by atoms with Crippen LogP contribution < -0.4 is 11.1 Å². The molecule has 0 aromatic heterocycles. The summed E-state index contributed by atoms with van der Waals surface area (Å²) in [7, 11) is 0. The average Bonchev–Trinajstić information content (AvgIpc) is 2.60. The van der Waals surface area contributed by atoms with E-state index in [1.807, 2.05) is 0 Å². The largest absolute Gasteiger partial charge is 0.465 e. The molecule has 5 heteroatoms. The standard InChI is InChI=1S/C20H40N2O3/c1-3-5-6-7-8-9-10-11-12-16-19(23)22-17-14-13-15-18(21)20(24)25-4-2/h18H,3-17,21H2,1-2H3,(H,22,23)/t18-/m0/s1. The maximum Gasteiger partial charge on any atom is 0.322 e. The molecule has 0 saturated heterocycles. The molecule has 0 saturated carbocycles. The van der Waals surface area contributed by atoms with Gasteiger partial charge in [-0.05, 0) is 32.6 Å². The van der Waals surface area contributed by atoms with Crippen LogP contribution in [0.1, 0.15) is 97.3 Å². The van der Waals surface area contributed by atoms with E-state index >= 15 is 0 Å². The molecule has 148 valence electrons. The van der Waals surface area contributed by atoms with Gasteiger partial charge in [0.2, 0.25) is 5.91 Å². The second-order valence-electron chi connectivity index (χ2n) is 6.78. The number of carbonyl (C=O) groups excluding carboxylic acids is 2. The Labute approximate surface area is 154 Å². The Hall–Kier alpha value is -1.10. The second-order valence-corrected chi connectivity index (χ2v) is 6.78. The van der Waals surface area contributed by atoms with Crippen LogP contribution in [0.2, 0.25) is 0 Å². The minimum absolute atomic E-state index is 0.137. The monoisotopic (exact) mass is 356 g/mol. The first-order chi connectivity index (χ1) is 12.1. The van der Waals surface area contributed by atoms with Crippen LogP contribution >= 0.6 is 0 Å². The molecule has 0 aromatic carbocycles. The molecule has 1 atom stereocenters. The predicted octanol–water partition coefficient (Wildman–Crippen LogP) is 4.08. The molecule has 0 bridgehead atoms. The maximum atomic E-state index is 11.7. The Morgan fingerprint density at radius 2 is 1.48 bits per heavy atom. The van der Waals surface area contributed by atoms with Gasteiger partial charge in [0.15, 0.2) is 0 Å². The Bertz CT molecular complexity index is 335. The zero-order valence-corrected chi connectivity index (χ0v) is 16.5. The van der Waals surface area contributed by atoms with Crippen molar-refractivity contribution in [2.24, 2.45) is 5.73 Å². The van der Waals surface area contributed by atoms with E-state index in [-0.39, 0.29) is 11.9 Å². The number of carbonyl (C=O) groups is 2. The second kappa shape index (κ2) is 17.7. The highest BCUT2D eigenvalue weighted by Crippen LogP contribution is 2.10. The molecule has 25 heavy (non-hydrogen) atoms. The third-order valence-electron chi connectivity index (χ3n) is 4.36. The molecule has 0 radical (unpaired) electrons. The molecule has 0 rings (SSSR count). The molecule has 1 amide bonds. The normalized spacial score (nSPS) is 12.0. The minimum Gasteiger partial charge on any atom is -0.465 e. The number of unbranched alkanes of at least 4 members (excludes halogenated alkanes) is 9. The van der Waals surface area contributed by atoms with Crippen molar-refractivity contribution in [1.29, 1.82) is 0 Å². The number of amides is 1. The summed E-state index contributed by atoms with van der Waals surface area (Å²) in [6.07, 6.45) is 14.3. The summed E-state index contributed by atoms with van der Waals surface area (Å²) in [6.45, 7) is 5.03. The maximum absolute atomic E-state index is 11.7. The summed E-state index contributed by atoms with van der Waals surface area (Å²) in [6, 6.07) is -0.544. The summed E-state index contributed by atoms with van der Waals surface area (Å²) < 4.78 is 4.86. The Balaban J connectivity index is 3.35. The highest BCUT2D eigenvalue weighted by atomic mass is 16.5. The zero-order chi connectivity index (χ0) is 18.8. The Morgan fingerprint density at radius 1 is 0.880 bits per heavy atom. The first kappa shape index (κ1) is 23.9. The molecule has 0 fully saturated rings. The smallest absolute Gasteiger partial charge is 0.322 e. The van der Waals surface area contributed by atoms with E-state index < -0.39 is 6.04 Å². The summed E-state index contributed by atoms with van der Waals surface area (Å²) >= 11 is 0. The van der Waals surface area contributed by atoms with Crippen molar-refractivity contribution < 1.29 is 14.3 Å². The van der Waals surface area contributed by atoms with Crippen LogP contribution in [0.5, 0.6) is 0 Å². The van der Waals surface area contributed by atoms with Gasteiger partial charge in [-0.15, -0.1) is 0 Å². The van der Waals surface area contributed by atoms with E-state index in [2.05, 4.69) is 12.2 Å². The highest BCUT2D eigenvalue weighted by Gasteiger charge is 2.13. The molecule has 3 N–H and O–H groups in total. The lowest BCUT2D eigenvalue weighted by Crippen LogP contribution is -2.32. The molecule has 0 aromatic rings. The fourth-order valence-corrected chi connectivity index (χ4v) is 2.77. The number of esters is 1. The third-order valence-corrected chi connectivity index (χ3v) is 4.36. The molecule has 0 aliphatic rings. The molecule has 0 unspecified atom stereocenters. The van der Waals surface area contributed by atoms with Crippen molar-refractivity contribution in [2.75, 3.05) is 13.2 Å². The van der Waals surface area contributed by atoms with Gasteiger partial charge in [-0.2, -0.15) is 0 Å². The van der Waals surface area contributed by atoms with E-state index in [4.69, 9.17) is 10.5 Å². The van der Waals surface area contributed by atoms with E-state index in [1.54, 1.807) is 6.92 Å². The van der Waals surface area contributed by atoms with Crippen LogP contribution in [-0.4, -0.2) is 31.1 Å². The lowest BCUT2D eigenvalue weighted by atomic mass is 10.1. The van der Waals surface area contributed by atoms with Gasteiger partial charge in [-0.1, -0.05) is 58.3 Å². The third kappa shape index (κ3) is 16.1. The Morgan fingerprint density at radius 3 is 2.08 bits per heavy atom. The predicted molar refractivity (Wildman–Crippen MR) is 103 cm³/mol. The SMILES string of the molecule is CCCCCCCCCCCC(=O)NCCCC[C@H](N)C(=O)OCC. The first-order valence-electron chi connectivity index (χ1n) is 10.3. The fourth-order valence-electron chi connectivity index (χ4n) is 2.77. The van der Waals surface area contributed by atoms with Gasteiger partial charge >= 0.3 is 5.97 Å². The van der Waals surface area contributed by atoms with Crippen molar-refractivity contribution >= 4 is 11.9 Å². The van der Waals surface area contributed by atoms with E-state index in [1.165, 1.54) is 44.9 Å². The van der Waals surface area contributed by atoms with Crippen molar-refractivity contribution in [3.63, 3.8) is 0 Å². The van der Waals surface area contributed by atoms with Crippen LogP contribution in [-0.2, 0) is 14.3 Å². The number of hydrogen-bond donors (Lipinski definition) is 2. The van der Waals surface area contributed by atoms with Crippen LogP contribution in [0.3, 0.4) is 0 Å². The zero-order valence-electron chi connectivity index (χ0n) is 16.5. The Kier molecular flexibility index (Phi) is 16.9. The van der Waals surface area contributed by atoms with E-state index in [9.17, 15) is 9.59 Å². The molecule has 0 aliphatic heterocycles. The topological polar surface area (TPSA) is 81.4 Å². The van der Waals surface area contributed by atoms with Gasteiger partial charge in [0, 0.05) is 13.0 Å². The summed E-state index contributed by atoms with van der Waals surface area (Å²) in [4.78, 5) is 23.1. The number of nitrogens with one attached hydrogen (secondary N) is 1. The van der Waals surface area contributed by atoms with Gasteiger partial charge in [0.25, 0.3) is 0 Å². The summed E-state index contributed by atoms with van der Waals surface area (Å²) in [5, 5.41) is 2.94. The average molecular weight is 357 g/mol. The van der Waals surface area contributed by atoms with Gasteiger partial charge in [0.1, 0.15) is 6.04 Å². The van der Waals surface area contributed by atoms with Gasteiger partial charge in [-0.25, -0.2) is 0 Å². The van der Waals surface area contributed by atoms with Gasteiger partial charge < -0.3 is 15.8 Å². The lowest BCUT2D eigenvalue weighted by molar-refractivity contribution is -0.144. The summed E-state index contributed by atoms with van der Waals surface area (Å²) in [5.41, 5.74) is 5.72. The molecule has 0 aliphatic carbocycles. The van der Waals surface area contributed by atoms with Crippen molar-refractivity contribution in [2.45, 2.75) is 103 Å². The minimum atomic E-state index is -0.544. The van der Waals surface area contributed by atoms with Crippen LogP contribution in [0, 0.1) is 0 Å². The quantitative estimate of drug-likeness (QED) is 0.304. The molecule has 0 spiro atoms. The fraction of sp³-hybridized carbons (Fsp3) is 0.900. The van der Waals surface area contributed by atoms with Crippen LogP contribution in [0.15, 0.2) is 0 Å². The van der Waals surface area contributed by atoms with E-state index in [0.717, 1.165) is 25.7 Å².